The Balaban J connectivity index is 2.08. The summed E-state index contributed by atoms with van der Waals surface area (Å²) in [6.07, 6.45) is 0.170. The molecule has 3 rings (SSSR count). The van der Waals surface area contributed by atoms with Crippen molar-refractivity contribution in [3.05, 3.63) is 29.3 Å². The Morgan fingerprint density at radius 2 is 2.30 bits per heavy atom. The van der Waals surface area contributed by atoms with E-state index in [1.165, 1.54) is 0 Å². The molecule has 0 unspecified atom stereocenters. The van der Waals surface area contributed by atoms with Crippen molar-refractivity contribution in [2.45, 2.75) is 38.0 Å². The number of nitriles is 1. The van der Waals surface area contributed by atoms with Gasteiger partial charge in [-0.2, -0.15) is 5.26 Å². The van der Waals surface area contributed by atoms with Crippen molar-refractivity contribution in [1.29, 1.82) is 5.26 Å². The molecule has 3 atom stereocenters. The van der Waals surface area contributed by atoms with Crippen LogP contribution in [0.15, 0.2) is 18.2 Å². The molecule has 0 aromatic heterocycles. The molecule has 5 nitrogen and oxygen atoms in total. The molecule has 1 fully saturated rings. The van der Waals surface area contributed by atoms with Gasteiger partial charge in [0, 0.05) is 18.5 Å². The number of carbonyl (C=O) groups excluding carboxylic acids is 1. The molecule has 0 radical (unpaired) electrons. The molecule has 20 heavy (non-hydrogen) atoms. The summed E-state index contributed by atoms with van der Waals surface area (Å²) in [7, 11) is 0. The van der Waals surface area contributed by atoms with Crippen LogP contribution in [0.4, 0.5) is 0 Å². The number of nitrogens with zero attached hydrogens (tertiary/aromatic N) is 2. The molecule has 2 aliphatic rings. The second-order valence-corrected chi connectivity index (χ2v) is 5.31. The summed E-state index contributed by atoms with van der Waals surface area (Å²) in [6.45, 7) is 2.43. The Hall–Kier alpha value is -2.06. The number of fused-ring (bicyclic) bond motifs is 1. The molecule has 0 aliphatic carbocycles. The quantitative estimate of drug-likeness (QED) is 0.837. The van der Waals surface area contributed by atoms with Gasteiger partial charge in [0.1, 0.15) is 18.0 Å². The van der Waals surface area contributed by atoms with E-state index in [9.17, 15) is 9.90 Å². The highest BCUT2D eigenvalue weighted by atomic mass is 16.5. The standard InChI is InChI=1S/C15H16N2O3/c1-9-15(19)14(17-6-2-3-13(17)18)11-7-10(8-16)4-5-12(11)20-9/h4-5,7,9,14-15,19H,2-3,6H2,1H3/t9-,14+,15+/m0/s1. The first-order valence-electron chi connectivity index (χ1n) is 6.80. The first kappa shape index (κ1) is 12.9. The van der Waals surface area contributed by atoms with Crippen LogP contribution in [0.25, 0.3) is 0 Å². The summed E-state index contributed by atoms with van der Waals surface area (Å²) in [6, 6.07) is 6.80. The number of amides is 1. The summed E-state index contributed by atoms with van der Waals surface area (Å²) >= 11 is 0. The topological polar surface area (TPSA) is 73.6 Å². The van der Waals surface area contributed by atoms with Gasteiger partial charge in [0.2, 0.25) is 5.91 Å². The predicted octanol–water partition coefficient (Wildman–Crippen LogP) is 1.36. The van der Waals surface area contributed by atoms with Crippen LogP contribution in [0.3, 0.4) is 0 Å². The number of benzene rings is 1. The normalized spacial score (nSPS) is 28.8. The van der Waals surface area contributed by atoms with E-state index < -0.39 is 12.1 Å². The van der Waals surface area contributed by atoms with Gasteiger partial charge in [-0.15, -0.1) is 0 Å². The van der Waals surface area contributed by atoms with E-state index in [-0.39, 0.29) is 12.0 Å². The second kappa shape index (κ2) is 4.80. The van der Waals surface area contributed by atoms with Crippen molar-refractivity contribution in [2.24, 2.45) is 0 Å². The lowest BCUT2D eigenvalue weighted by atomic mass is 9.92. The zero-order chi connectivity index (χ0) is 14.3. The predicted molar refractivity (Wildman–Crippen MR) is 70.9 cm³/mol. The van der Waals surface area contributed by atoms with E-state index in [4.69, 9.17) is 10.00 Å². The number of hydrogen-bond acceptors (Lipinski definition) is 4. The molecule has 1 saturated heterocycles. The van der Waals surface area contributed by atoms with Gasteiger partial charge in [-0.3, -0.25) is 4.79 Å². The van der Waals surface area contributed by atoms with E-state index in [1.54, 1.807) is 30.0 Å². The maximum atomic E-state index is 12.0. The van der Waals surface area contributed by atoms with E-state index >= 15 is 0 Å². The number of aliphatic hydroxyl groups excluding tert-OH is 1. The minimum absolute atomic E-state index is 0.0523. The highest BCUT2D eigenvalue weighted by Gasteiger charge is 2.41. The van der Waals surface area contributed by atoms with E-state index in [1.807, 2.05) is 0 Å². The van der Waals surface area contributed by atoms with Gasteiger partial charge in [0.25, 0.3) is 0 Å². The van der Waals surface area contributed by atoms with Gasteiger partial charge in [0.15, 0.2) is 0 Å². The van der Waals surface area contributed by atoms with Gasteiger partial charge in [-0.25, -0.2) is 0 Å². The lowest BCUT2D eigenvalue weighted by Gasteiger charge is -2.40. The fraction of sp³-hybridized carbons (Fsp3) is 0.467. The minimum atomic E-state index is -0.779. The zero-order valence-corrected chi connectivity index (χ0v) is 11.2. The van der Waals surface area contributed by atoms with Crippen LogP contribution in [-0.4, -0.2) is 34.7 Å². The van der Waals surface area contributed by atoms with Crippen LogP contribution >= 0.6 is 0 Å². The molecule has 2 aliphatic heterocycles. The smallest absolute Gasteiger partial charge is 0.223 e. The van der Waals surface area contributed by atoms with Crippen LogP contribution in [0.1, 0.15) is 36.9 Å². The van der Waals surface area contributed by atoms with E-state index in [0.29, 0.717) is 24.3 Å². The lowest BCUT2D eigenvalue weighted by Crippen LogP contribution is -2.47. The van der Waals surface area contributed by atoms with Crippen LogP contribution in [0, 0.1) is 11.3 Å². The number of hydrogen-bond donors (Lipinski definition) is 1. The highest BCUT2D eigenvalue weighted by molar-refractivity contribution is 5.79. The largest absolute Gasteiger partial charge is 0.488 e. The molecule has 1 aromatic rings. The number of rotatable bonds is 1. The number of carbonyl (C=O) groups is 1. The Kier molecular flexibility index (Phi) is 3.11. The average molecular weight is 272 g/mol. The molecule has 1 amide bonds. The highest BCUT2D eigenvalue weighted by Crippen LogP contribution is 2.40. The van der Waals surface area contributed by atoms with Crippen molar-refractivity contribution in [1.82, 2.24) is 4.90 Å². The van der Waals surface area contributed by atoms with Crippen molar-refractivity contribution in [3.63, 3.8) is 0 Å². The average Bonchev–Trinajstić information content (AvgIpc) is 2.86. The molecular weight excluding hydrogens is 256 g/mol. The van der Waals surface area contributed by atoms with Gasteiger partial charge in [-0.1, -0.05) is 0 Å². The SMILES string of the molecule is C[C@@H]1Oc2ccc(C#N)cc2[C@@H](N2CCCC2=O)[C@@H]1O. The molecular formula is C15H16N2O3. The van der Waals surface area contributed by atoms with Crippen LogP contribution in [-0.2, 0) is 4.79 Å². The number of likely N-dealkylation sites (tertiary alicyclic amines) is 1. The Morgan fingerprint density at radius 1 is 1.50 bits per heavy atom. The van der Waals surface area contributed by atoms with Gasteiger partial charge in [0.05, 0.1) is 17.7 Å². The summed E-state index contributed by atoms with van der Waals surface area (Å²) in [5.41, 5.74) is 1.23. The number of ether oxygens (including phenoxy) is 1. The van der Waals surface area contributed by atoms with Crippen molar-refractivity contribution < 1.29 is 14.6 Å². The van der Waals surface area contributed by atoms with Crippen LogP contribution in [0.2, 0.25) is 0 Å². The van der Waals surface area contributed by atoms with Crippen molar-refractivity contribution in [2.75, 3.05) is 6.54 Å². The molecule has 0 bridgehead atoms. The Morgan fingerprint density at radius 3 is 2.95 bits per heavy atom. The monoisotopic (exact) mass is 272 g/mol. The molecule has 2 heterocycles. The maximum absolute atomic E-state index is 12.0. The first-order chi connectivity index (χ1) is 9.61. The molecule has 104 valence electrons. The Labute approximate surface area is 117 Å². The second-order valence-electron chi connectivity index (χ2n) is 5.31. The van der Waals surface area contributed by atoms with E-state index in [0.717, 1.165) is 12.0 Å². The van der Waals surface area contributed by atoms with Gasteiger partial charge in [-0.05, 0) is 31.5 Å². The van der Waals surface area contributed by atoms with Crippen molar-refractivity contribution in [3.8, 4) is 11.8 Å². The van der Waals surface area contributed by atoms with E-state index in [2.05, 4.69) is 6.07 Å². The Bertz CT molecular complexity index is 593. The molecule has 1 aromatic carbocycles. The summed E-state index contributed by atoms with van der Waals surface area (Å²) < 4.78 is 5.67. The van der Waals surface area contributed by atoms with Crippen LogP contribution < -0.4 is 4.74 Å². The molecule has 0 saturated carbocycles. The summed E-state index contributed by atoms with van der Waals surface area (Å²) in [4.78, 5) is 13.7. The fourth-order valence-corrected chi connectivity index (χ4v) is 2.98. The molecule has 5 heteroatoms. The first-order valence-corrected chi connectivity index (χ1v) is 6.80. The van der Waals surface area contributed by atoms with Crippen molar-refractivity contribution >= 4 is 5.91 Å². The third-order valence-corrected chi connectivity index (χ3v) is 4.02. The third-order valence-electron chi connectivity index (χ3n) is 4.02. The van der Waals surface area contributed by atoms with Gasteiger partial charge >= 0.3 is 0 Å². The molecule has 0 spiro atoms. The maximum Gasteiger partial charge on any atom is 0.223 e. The number of aliphatic hydroxyl groups is 1. The molecule has 1 N–H and O–H groups in total. The van der Waals surface area contributed by atoms with Crippen LogP contribution in [0.5, 0.6) is 5.75 Å². The summed E-state index contributed by atoms with van der Waals surface area (Å²) in [5, 5.41) is 19.5. The summed E-state index contributed by atoms with van der Waals surface area (Å²) in [5.74, 6) is 0.697. The zero-order valence-electron chi connectivity index (χ0n) is 11.2. The lowest BCUT2D eigenvalue weighted by molar-refractivity contribution is -0.135. The third kappa shape index (κ3) is 1.93. The van der Waals surface area contributed by atoms with Gasteiger partial charge < -0.3 is 14.7 Å². The fourth-order valence-electron chi connectivity index (χ4n) is 2.98. The minimum Gasteiger partial charge on any atom is -0.488 e.